The Morgan fingerprint density at radius 1 is 0.329 bits per heavy atom. The SMILES string of the molecule is CCCOc1c2cccc1Cc1cc(C(=O)Nc3ccc4ccc5cccc6ccc3c4c56)cc(c1OCCC)Cc1cccc(c1OCCC)Cc1cc(C(=O)Nc3ccc4ccc5cccc6ccc3c4c56)cc(c1OCCC)C2. The number of carbonyl (C=O) groups excluding carboxylic acids is 2. The Balaban J connectivity index is 0.961. The summed E-state index contributed by atoms with van der Waals surface area (Å²) in [7, 11) is 0. The van der Waals surface area contributed by atoms with Crippen molar-refractivity contribution in [1.82, 2.24) is 0 Å². The van der Waals surface area contributed by atoms with E-state index in [1.165, 1.54) is 32.3 Å². The summed E-state index contributed by atoms with van der Waals surface area (Å²) in [6.45, 7) is 10.5. The third-order valence-corrected chi connectivity index (χ3v) is 16.2. The molecule has 0 fully saturated rings. The number of hydrogen-bond donors (Lipinski definition) is 2. The number of fused-ring (bicyclic) bond motifs is 8. The van der Waals surface area contributed by atoms with Crippen LogP contribution in [0.5, 0.6) is 23.0 Å². The molecule has 0 radical (unpaired) electrons. The Bertz CT molecular complexity index is 4000. The fourth-order valence-electron chi connectivity index (χ4n) is 12.6. The first-order valence-electron chi connectivity index (χ1n) is 29.3. The van der Waals surface area contributed by atoms with Crippen LogP contribution in [0.4, 0.5) is 11.4 Å². The summed E-state index contributed by atoms with van der Waals surface area (Å²) in [6, 6.07) is 59.0. The quantitative estimate of drug-likeness (QED) is 0.0936. The minimum atomic E-state index is -0.210. The van der Waals surface area contributed by atoms with Crippen molar-refractivity contribution in [3.8, 4) is 23.0 Å². The second-order valence-electron chi connectivity index (χ2n) is 22.0. The number of anilines is 2. The number of hydrogen-bond acceptors (Lipinski definition) is 6. The Labute approximate surface area is 478 Å². The summed E-state index contributed by atoms with van der Waals surface area (Å²) in [4.78, 5) is 30.3. The van der Waals surface area contributed by atoms with Gasteiger partial charge in [-0.25, -0.2) is 0 Å². The van der Waals surface area contributed by atoms with Crippen molar-refractivity contribution in [2.24, 2.45) is 0 Å². The van der Waals surface area contributed by atoms with Gasteiger partial charge in [-0.15, -0.1) is 0 Å². The van der Waals surface area contributed by atoms with Gasteiger partial charge < -0.3 is 29.6 Å². The summed E-state index contributed by atoms with van der Waals surface area (Å²) >= 11 is 0. The number of ether oxygens (including phenoxy) is 4. The van der Waals surface area contributed by atoms with E-state index in [0.717, 1.165) is 137 Å². The van der Waals surface area contributed by atoms with Crippen LogP contribution in [-0.2, 0) is 25.7 Å². The van der Waals surface area contributed by atoms with E-state index in [4.69, 9.17) is 18.9 Å². The van der Waals surface area contributed by atoms with Gasteiger partial charge in [0.05, 0.1) is 26.4 Å². The molecule has 0 unspecified atom stereocenters. The third-order valence-electron chi connectivity index (χ3n) is 16.2. The van der Waals surface area contributed by atoms with Crippen molar-refractivity contribution in [1.29, 1.82) is 0 Å². The Morgan fingerprint density at radius 3 is 0.915 bits per heavy atom. The number of nitrogens with one attached hydrogen (secondary N) is 2. The first kappa shape index (κ1) is 52.2. The van der Waals surface area contributed by atoms with Crippen molar-refractivity contribution >= 4 is 87.8 Å². The van der Waals surface area contributed by atoms with Gasteiger partial charge in [0.1, 0.15) is 23.0 Å². The van der Waals surface area contributed by atoms with Crippen LogP contribution in [0.3, 0.4) is 0 Å². The fraction of sp³-hybridized carbons (Fsp3) is 0.216. The zero-order valence-corrected chi connectivity index (χ0v) is 47.1. The van der Waals surface area contributed by atoms with Crippen molar-refractivity contribution in [3.05, 3.63) is 225 Å². The van der Waals surface area contributed by atoms with Gasteiger partial charge in [0.15, 0.2) is 0 Å². The standard InChI is InChI=1S/C74H66N2O6/c1-5-33-79-69-51-17-11-18-52(69)38-56-42-60(74(78)76-64-32-28-50-24-22-46-14-10-16-48-26-30-62(64)68(50)66(46)48)44-58(72(56)82-36-8-4)40-54-20-12-19-53(70(54)80-34-6-2)39-57-43-59(41-55(37-51)71(57)81-35-7-3)73(77)75-63-31-27-49-23-21-45-13-9-15-47-25-29-61(63)67(49)65(45)47/h9-32,41-44H,5-8,33-40H2,1-4H3,(H,75,77)(H,76,78). The summed E-state index contributed by atoms with van der Waals surface area (Å²) in [5.74, 6) is 2.64. The predicted molar refractivity (Wildman–Crippen MR) is 336 cm³/mol. The second kappa shape index (κ2) is 22.4. The first-order chi connectivity index (χ1) is 40.3. The van der Waals surface area contributed by atoms with Gasteiger partial charge in [0, 0.05) is 59.0 Å². The Kier molecular flexibility index (Phi) is 14.3. The average molecular weight is 1080 g/mol. The molecule has 408 valence electrons. The molecular formula is C74H66N2O6. The highest BCUT2D eigenvalue weighted by Crippen LogP contribution is 2.43. The van der Waals surface area contributed by atoms with Crippen LogP contribution in [0.15, 0.2) is 170 Å². The number of benzene rings is 12. The van der Waals surface area contributed by atoms with E-state index in [9.17, 15) is 0 Å². The maximum absolute atomic E-state index is 15.1. The summed E-state index contributed by atoms with van der Waals surface area (Å²) in [6.07, 6.45) is 4.89. The van der Waals surface area contributed by atoms with Crippen LogP contribution in [-0.4, -0.2) is 38.2 Å². The topological polar surface area (TPSA) is 95.1 Å². The molecule has 0 spiro atoms. The smallest absolute Gasteiger partial charge is 0.255 e. The molecule has 2 amide bonds. The molecule has 0 saturated carbocycles. The molecule has 1 aliphatic rings. The van der Waals surface area contributed by atoms with Crippen molar-refractivity contribution in [2.75, 3.05) is 37.1 Å². The number of amides is 2. The van der Waals surface area contributed by atoms with Crippen LogP contribution in [0.2, 0.25) is 0 Å². The van der Waals surface area contributed by atoms with Crippen LogP contribution in [0.25, 0.3) is 64.6 Å². The van der Waals surface area contributed by atoms with Gasteiger partial charge in [-0.2, -0.15) is 0 Å². The third kappa shape index (κ3) is 9.70. The molecule has 12 aromatic carbocycles. The Hall–Kier alpha value is -9.14. The minimum absolute atomic E-state index is 0.210. The highest BCUT2D eigenvalue weighted by Gasteiger charge is 2.26. The van der Waals surface area contributed by atoms with Crippen molar-refractivity contribution < 1.29 is 28.5 Å². The lowest BCUT2D eigenvalue weighted by atomic mass is 9.89. The molecule has 0 aromatic heterocycles. The van der Waals surface area contributed by atoms with E-state index in [2.05, 4.69) is 172 Å². The zero-order valence-electron chi connectivity index (χ0n) is 47.1. The molecule has 0 saturated heterocycles. The van der Waals surface area contributed by atoms with Gasteiger partial charge in [0.25, 0.3) is 11.8 Å². The minimum Gasteiger partial charge on any atom is -0.493 e. The van der Waals surface area contributed by atoms with Crippen molar-refractivity contribution in [2.45, 2.75) is 79.1 Å². The molecule has 8 bridgehead atoms. The van der Waals surface area contributed by atoms with E-state index in [1.54, 1.807) is 0 Å². The molecule has 1 aliphatic carbocycles. The van der Waals surface area contributed by atoms with E-state index in [0.29, 0.717) is 63.2 Å². The van der Waals surface area contributed by atoms with Crippen LogP contribution in [0, 0.1) is 0 Å². The monoisotopic (exact) mass is 1080 g/mol. The zero-order chi connectivity index (χ0) is 55.8. The predicted octanol–water partition coefficient (Wildman–Crippen LogP) is 17.8. The Morgan fingerprint density at radius 2 is 0.598 bits per heavy atom. The van der Waals surface area contributed by atoms with Crippen LogP contribution < -0.4 is 29.6 Å². The summed E-state index contributed by atoms with van der Waals surface area (Å²) in [5.41, 5.74) is 9.92. The van der Waals surface area contributed by atoms with E-state index >= 15 is 9.59 Å². The molecule has 8 nitrogen and oxygen atoms in total. The first-order valence-corrected chi connectivity index (χ1v) is 29.3. The maximum Gasteiger partial charge on any atom is 0.255 e. The van der Waals surface area contributed by atoms with Crippen molar-refractivity contribution in [3.63, 3.8) is 0 Å². The molecule has 0 heterocycles. The van der Waals surface area contributed by atoms with Crippen LogP contribution >= 0.6 is 0 Å². The van der Waals surface area contributed by atoms with Crippen LogP contribution in [0.1, 0.15) is 119 Å². The molecule has 2 N–H and O–H groups in total. The molecule has 12 aromatic rings. The number of carbonyl (C=O) groups is 2. The number of rotatable bonds is 16. The largest absolute Gasteiger partial charge is 0.493 e. The van der Waals surface area contributed by atoms with Gasteiger partial charge >= 0.3 is 0 Å². The molecule has 13 rings (SSSR count). The maximum atomic E-state index is 15.1. The van der Waals surface area contributed by atoms with E-state index < -0.39 is 0 Å². The van der Waals surface area contributed by atoms with Gasteiger partial charge in [-0.3, -0.25) is 9.59 Å². The molecule has 0 aliphatic heterocycles. The van der Waals surface area contributed by atoms with Gasteiger partial charge in [-0.1, -0.05) is 161 Å². The molecule has 0 atom stereocenters. The summed E-state index contributed by atoms with van der Waals surface area (Å²) in [5, 5.41) is 20.4. The molecular weight excluding hydrogens is 1010 g/mol. The average Bonchev–Trinajstić information content (AvgIpc) is 3.24. The molecule has 82 heavy (non-hydrogen) atoms. The van der Waals surface area contributed by atoms with Gasteiger partial charge in [-0.05, 0) is 160 Å². The second-order valence-corrected chi connectivity index (χ2v) is 22.0. The lowest BCUT2D eigenvalue weighted by molar-refractivity contribution is 0.101. The van der Waals surface area contributed by atoms with Gasteiger partial charge in [0.2, 0.25) is 0 Å². The van der Waals surface area contributed by atoms with E-state index in [-0.39, 0.29) is 11.8 Å². The highest BCUT2D eigenvalue weighted by atomic mass is 16.5. The molecule has 8 heteroatoms. The normalized spacial score (nSPS) is 12.4. The number of para-hydroxylation sites is 2. The lowest BCUT2D eigenvalue weighted by Gasteiger charge is -2.24. The lowest BCUT2D eigenvalue weighted by Crippen LogP contribution is -2.16. The van der Waals surface area contributed by atoms with E-state index in [1.807, 2.05) is 36.4 Å². The fourth-order valence-corrected chi connectivity index (χ4v) is 12.6. The summed E-state index contributed by atoms with van der Waals surface area (Å²) < 4.78 is 27.5. The highest BCUT2D eigenvalue weighted by molar-refractivity contribution is 6.27.